The Hall–Kier alpha value is -2.75. The Bertz CT molecular complexity index is 1160. The summed E-state index contributed by atoms with van der Waals surface area (Å²) in [6.07, 6.45) is 1.69. The van der Waals surface area contributed by atoms with Gasteiger partial charge >= 0.3 is 0 Å². The molecule has 0 aliphatic rings. The van der Waals surface area contributed by atoms with Crippen molar-refractivity contribution in [2.45, 2.75) is 4.34 Å². The number of nitrogens with two attached hydrogens (primary N) is 1. The van der Waals surface area contributed by atoms with Crippen molar-refractivity contribution in [1.82, 2.24) is 14.6 Å². The number of sulfonamides is 1. The van der Waals surface area contributed by atoms with Crippen LogP contribution >= 0.6 is 11.3 Å². The van der Waals surface area contributed by atoms with E-state index in [0.29, 0.717) is 10.7 Å². The average molecular weight is 386 g/mol. The highest BCUT2D eigenvalue weighted by Gasteiger charge is 2.17. The molecule has 2 aromatic heterocycles. The van der Waals surface area contributed by atoms with E-state index in [-0.39, 0.29) is 4.34 Å². The molecule has 0 bridgehead atoms. The van der Waals surface area contributed by atoms with Crippen LogP contribution in [0.5, 0.6) is 5.75 Å². The number of hydrogen-bond acceptors (Lipinski definition) is 6. The Morgan fingerprint density at radius 3 is 2.46 bits per heavy atom. The molecule has 0 amide bonds. The molecule has 0 aliphatic heterocycles. The molecule has 4 rings (SSSR count). The van der Waals surface area contributed by atoms with E-state index in [1.807, 2.05) is 48.5 Å². The number of ether oxygens (including phenoxy) is 1. The van der Waals surface area contributed by atoms with Crippen LogP contribution in [-0.2, 0) is 10.0 Å². The predicted octanol–water partition coefficient (Wildman–Crippen LogP) is 2.78. The van der Waals surface area contributed by atoms with E-state index < -0.39 is 10.0 Å². The van der Waals surface area contributed by atoms with Crippen LogP contribution in [0.25, 0.3) is 27.3 Å². The van der Waals surface area contributed by atoms with E-state index in [4.69, 9.17) is 9.88 Å². The van der Waals surface area contributed by atoms with Crippen molar-refractivity contribution in [3.63, 3.8) is 0 Å². The Morgan fingerprint density at radius 2 is 1.81 bits per heavy atom. The van der Waals surface area contributed by atoms with Crippen molar-refractivity contribution in [2.24, 2.45) is 5.14 Å². The van der Waals surface area contributed by atoms with Crippen molar-refractivity contribution >= 4 is 26.3 Å². The minimum Gasteiger partial charge on any atom is -0.497 e. The molecule has 9 heteroatoms. The molecule has 26 heavy (non-hydrogen) atoms. The van der Waals surface area contributed by atoms with Crippen LogP contribution in [0.15, 0.2) is 59.1 Å². The maximum atomic E-state index is 11.4. The summed E-state index contributed by atoms with van der Waals surface area (Å²) >= 11 is 0.938. The summed E-state index contributed by atoms with van der Waals surface area (Å²) in [5.74, 6) is 0.802. The molecule has 0 fully saturated rings. The van der Waals surface area contributed by atoms with E-state index in [9.17, 15) is 8.42 Å². The zero-order valence-electron chi connectivity index (χ0n) is 13.7. The Labute approximate surface area is 153 Å². The van der Waals surface area contributed by atoms with E-state index in [2.05, 4.69) is 10.1 Å². The van der Waals surface area contributed by atoms with Gasteiger partial charge in [-0.2, -0.15) is 0 Å². The summed E-state index contributed by atoms with van der Waals surface area (Å²) in [6, 6.07) is 15.7. The lowest BCUT2D eigenvalue weighted by Crippen LogP contribution is -2.12. The largest absolute Gasteiger partial charge is 0.497 e. The van der Waals surface area contributed by atoms with E-state index in [1.165, 1.54) is 4.52 Å². The second-order valence-corrected chi connectivity index (χ2v) is 8.27. The van der Waals surface area contributed by atoms with Gasteiger partial charge in [0.1, 0.15) is 5.75 Å². The van der Waals surface area contributed by atoms with Crippen molar-refractivity contribution < 1.29 is 13.2 Å². The molecule has 7 nitrogen and oxygen atoms in total. The topological polar surface area (TPSA) is 99.6 Å². The van der Waals surface area contributed by atoms with Crippen molar-refractivity contribution in [3.05, 3.63) is 54.7 Å². The fourth-order valence-corrected chi connectivity index (χ4v) is 4.08. The lowest BCUT2D eigenvalue weighted by Gasteiger charge is -2.05. The zero-order chi connectivity index (χ0) is 18.3. The standard InChI is InChI=1S/C17H14N4O3S2/c1-24-14-7-5-11(6-8-14)12-3-2-4-13(9-12)15-10-21-16(19-15)25-17(20-21)26(18,22)23/h2-10H,1H3,(H2,18,22,23). The van der Waals surface area contributed by atoms with Crippen molar-refractivity contribution in [3.8, 4) is 28.1 Å². The van der Waals surface area contributed by atoms with E-state index in [1.54, 1.807) is 13.3 Å². The summed E-state index contributed by atoms with van der Waals surface area (Å²) < 4.78 is 29.2. The van der Waals surface area contributed by atoms with Gasteiger partial charge in [-0.05, 0) is 29.3 Å². The van der Waals surface area contributed by atoms with Gasteiger partial charge < -0.3 is 4.74 Å². The quantitative estimate of drug-likeness (QED) is 0.581. The van der Waals surface area contributed by atoms with Crippen LogP contribution < -0.4 is 9.88 Å². The van der Waals surface area contributed by atoms with Crippen LogP contribution in [-0.4, -0.2) is 30.1 Å². The summed E-state index contributed by atoms with van der Waals surface area (Å²) in [7, 11) is -2.19. The van der Waals surface area contributed by atoms with Crippen LogP contribution in [0.4, 0.5) is 0 Å². The molecule has 0 radical (unpaired) electrons. The third-order valence-electron chi connectivity index (χ3n) is 3.85. The van der Waals surface area contributed by atoms with Crippen LogP contribution in [0.3, 0.4) is 0 Å². The zero-order valence-corrected chi connectivity index (χ0v) is 15.3. The monoisotopic (exact) mass is 386 g/mol. The number of primary sulfonamides is 1. The van der Waals surface area contributed by atoms with Gasteiger partial charge in [-0.25, -0.2) is 23.1 Å². The molecular weight excluding hydrogens is 372 g/mol. The molecule has 0 aliphatic carbocycles. The maximum Gasteiger partial charge on any atom is 0.267 e. The number of benzene rings is 2. The van der Waals surface area contributed by atoms with Gasteiger partial charge in [0.2, 0.25) is 9.30 Å². The summed E-state index contributed by atoms with van der Waals surface area (Å²) in [5.41, 5.74) is 3.72. The molecule has 2 heterocycles. The molecule has 132 valence electrons. The van der Waals surface area contributed by atoms with E-state index >= 15 is 0 Å². The van der Waals surface area contributed by atoms with Gasteiger partial charge in [-0.1, -0.05) is 41.7 Å². The van der Waals surface area contributed by atoms with Gasteiger partial charge in [0, 0.05) is 5.56 Å². The number of methoxy groups -OCH3 is 1. The summed E-state index contributed by atoms with van der Waals surface area (Å²) in [5, 5.41) is 9.08. The first-order chi connectivity index (χ1) is 12.4. The maximum absolute atomic E-state index is 11.4. The molecular formula is C17H14N4O3S2. The third-order valence-corrected chi connectivity index (χ3v) is 6.08. The Kier molecular flexibility index (Phi) is 3.98. The minimum atomic E-state index is -3.82. The lowest BCUT2D eigenvalue weighted by molar-refractivity contribution is 0.415. The van der Waals surface area contributed by atoms with E-state index in [0.717, 1.165) is 33.8 Å². The van der Waals surface area contributed by atoms with Crippen molar-refractivity contribution in [2.75, 3.05) is 7.11 Å². The van der Waals surface area contributed by atoms with Gasteiger partial charge in [-0.15, -0.1) is 5.10 Å². The predicted molar refractivity (Wildman–Crippen MR) is 99.7 cm³/mol. The molecule has 2 N–H and O–H groups in total. The van der Waals surface area contributed by atoms with Crippen LogP contribution in [0, 0.1) is 0 Å². The van der Waals surface area contributed by atoms with Gasteiger partial charge in [0.15, 0.2) is 0 Å². The average Bonchev–Trinajstić information content (AvgIpc) is 3.21. The molecule has 0 atom stereocenters. The Morgan fingerprint density at radius 1 is 1.08 bits per heavy atom. The molecule has 0 unspecified atom stereocenters. The summed E-state index contributed by atoms with van der Waals surface area (Å²) in [6.45, 7) is 0. The fraction of sp³-hybridized carbons (Fsp3) is 0.0588. The number of rotatable bonds is 4. The van der Waals surface area contributed by atoms with Gasteiger partial charge in [0.25, 0.3) is 10.0 Å². The molecule has 0 saturated heterocycles. The molecule has 0 saturated carbocycles. The molecule has 4 aromatic rings. The van der Waals surface area contributed by atoms with Crippen LogP contribution in [0.1, 0.15) is 0 Å². The van der Waals surface area contributed by atoms with Crippen molar-refractivity contribution in [1.29, 1.82) is 0 Å². The second-order valence-electron chi connectivity index (χ2n) is 5.58. The normalized spacial score (nSPS) is 11.8. The number of hydrogen-bond donors (Lipinski definition) is 1. The molecule has 2 aromatic carbocycles. The van der Waals surface area contributed by atoms with Gasteiger partial charge in [-0.3, -0.25) is 0 Å². The first kappa shape index (κ1) is 16.7. The molecule has 0 spiro atoms. The highest BCUT2D eigenvalue weighted by molar-refractivity contribution is 7.91. The number of imidazole rings is 1. The smallest absolute Gasteiger partial charge is 0.267 e. The number of fused-ring (bicyclic) bond motifs is 1. The first-order valence-electron chi connectivity index (χ1n) is 7.58. The SMILES string of the molecule is COc1ccc(-c2cccc(-c3cn4nc(S(N)(=O)=O)sc4n3)c2)cc1. The van der Waals surface area contributed by atoms with Crippen LogP contribution in [0.2, 0.25) is 0 Å². The third kappa shape index (κ3) is 3.07. The Balaban J connectivity index is 1.71. The van der Waals surface area contributed by atoms with Gasteiger partial charge in [0.05, 0.1) is 19.0 Å². The first-order valence-corrected chi connectivity index (χ1v) is 9.94. The minimum absolute atomic E-state index is 0.154. The lowest BCUT2D eigenvalue weighted by atomic mass is 10.0. The highest BCUT2D eigenvalue weighted by atomic mass is 32.2. The number of aromatic nitrogens is 3. The second kappa shape index (κ2) is 6.20. The fourth-order valence-electron chi connectivity index (χ4n) is 2.58. The number of nitrogens with zero attached hydrogens (tertiary/aromatic N) is 3. The highest BCUT2D eigenvalue weighted by Crippen LogP contribution is 2.28. The summed E-state index contributed by atoms with van der Waals surface area (Å²) in [4.78, 5) is 4.93.